The van der Waals surface area contributed by atoms with Crippen LogP contribution in [0.2, 0.25) is 0 Å². The Kier molecular flexibility index (Phi) is 4.39. The van der Waals surface area contributed by atoms with Crippen molar-refractivity contribution in [2.24, 2.45) is 0 Å². The number of rotatable bonds is 4. The lowest BCUT2D eigenvalue weighted by Gasteiger charge is -2.17. The quantitative estimate of drug-likeness (QED) is 0.569. The molecule has 1 amide bonds. The first-order valence-corrected chi connectivity index (χ1v) is 9.97. The molecule has 6 nitrogen and oxygen atoms in total. The van der Waals surface area contributed by atoms with Crippen LogP contribution in [0, 0.1) is 6.92 Å². The topological polar surface area (TPSA) is 71.3 Å². The molecule has 1 aliphatic heterocycles. The summed E-state index contributed by atoms with van der Waals surface area (Å²) < 4.78 is 6.07. The number of carbonyl (C=O) groups excluding carboxylic acids is 1. The summed E-state index contributed by atoms with van der Waals surface area (Å²) in [5.74, 6) is 0.612. The van der Waals surface area contributed by atoms with Gasteiger partial charge in [-0.25, -0.2) is 9.97 Å². The van der Waals surface area contributed by atoms with Gasteiger partial charge in [0.05, 0.1) is 0 Å². The van der Waals surface area contributed by atoms with Crippen molar-refractivity contribution in [1.82, 2.24) is 15.3 Å². The molecule has 0 unspecified atom stereocenters. The molecule has 29 heavy (non-hydrogen) atoms. The van der Waals surface area contributed by atoms with Crippen molar-refractivity contribution in [3.05, 3.63) is 65.5 Å². The molecule has 5 rings (SSSR count). The lowest BCUT2D eigenvalue weighted by atomic mass is 10.1. The highest BCUT2D eigenvalue weighted by Gasteiger charge is 2.24. The summed E-state index contributed by atoms with van der Waals surface area (Å²) in [6.07, 6.45) is 2.22. The van der Waals surface area contributed by atoms with E-state index in [1.54, 1.807) is 0 Å². The molecule has 0 aliphatic carbocycles. The van der Waals surface area contributed by atoms with Crippen molar-refractivity contribution in [1.29, 1.82) is 0 Å². The van der Waals surface area contributed by atoms with Crippen LogP contribution in [0.1, 0.15) is 34.6 Å². The Hall–Kier alpha value is -3.41. The van der Waals surface area contributed by atoms with Crippen LogP contribution in [-0.2, 0) is 6.54 Å². The van der Waals surface area contributed by atoms with E-state index >= 15 is 0 Å². The Balaban J connectivity index is 1.53. The maximum atomic E-state index is 12.9. The first-order valence-electron chi connectivity index (χ1n) is 9.97. The molecule has 0 bridgehead atoms. The third-order valence-corrected chi connectivity index (χ3v) is 5.38. The van der Waals surface area contributed by atoms with Gasteiger partial charge in [-0.3, -0.25) is 4.79 Å². The van der Waals surface area contributed by atoms with Crippen molar-refractivity contribution in [3.63, 3.8) is 0 Å². The zero-order valence-electron chi connectivity index (χ0n) is 16.3. The van der Waals surface area contributed by atoms with Crippen molar-refractivity contribution in [2.75, 3.05) is 18.0 Å². The Morgan fingerprint density at radius 2 is 1.83 bits per heavy atom. The van der Waals surface area contributed by atoms with Gasteiger partial charge in [-0.05, 0) is 37.5 Å². The number of aromatic nitrogens is 2. The summed E-state index contributed by atoms with van der Waals surface area (Å²) in [7, 11) is 0. The third-order valence-electron chi connectivity index (χ3n) is 5.38. The summed E-state index contributed by atoms with van der Waals surface area (Å²) in [5.41, 5.74) is 4.34. The molecular formula is C23H22N4O2. The molecule has 1 saturated heterocycles. The predicted octanol–water partition coefficient (Wildman–Crippen LogP) is 4.21. The van der Waals surface area contributed by atoms with E-state index in [1.807, 2.05) is 55.5 Å². The van der Waals surface area contributed by atoms with E-state index in [0.29, 0.717) is 23.5 Å². The highest BCUT2D eigenvalue weighted by atomic mass is 16.3. The van der Waals surface area contributed by atoms with E-state index in [4.69, 9.17) is 4.42 Å². The fourth-order valence-corrected chi connectivity index (χ4v) is 3.79. The largest absolute Gasteiger partial charge is 0.450 e. The van der Waals surface area contributed by atoms with Crippen LogP contribution in [0.4, 0.5) is 5.82 Å². The van der Waals surface area contributed by atoms with E-state index in [-0.39, 0.29) is 11.7 Å². The van der Waals surface area contributed by atoms with Gasteiger partial charge < -0.3 is 14.6 Å². The average molecular weight is 386 g/mol. The van der Waals surface area contributed by atoms with E-state index in [9.17, 15) is 4.79 Å². The van der Waals surface area contributed by atoms with Crippen molar-refractivity contribution in [3.8, 4) is 0 Å². The minimum Gasteiger partial charge on any atom is -0.450 e. The Morgan fingerprint density at radius 1 is 1.07 bits per heavy atom. The number of nitrogens with one attached hydrogen (secondary N) is 1. The van der Waals surface area contributed by atoms with Gasteiger partial charge in [0.1, 0.15) is 11.1 Å². The van der Waals surface area contributed by atoms with Gasteiger partial charge >= 0.3 is 0 Å². The fraction of sp³-hybridized carbons (Fsp3) is 0.261. The van der Waals surface area contributed by atoms with Crippen LogP contribution in [0.3, 0.4) is 0 Å². The third kappa shape index (κ3) is 3.31. The molecule has 3 heterocycles. The molecule has 1 N–H and O–H groups in total. The number of nitrogens with zero attached hydrogens (tertiary/aromatic N) is 3. The van der Waals surface area contributed by atoms with Gasteiger partial charge in [-0.15, -0.1) is 0 Å². The summed E-state index contributed by atoms with van der Waals surface area (Å²) in [6, 6.07) is 15.9. The summed E-state index contributed by atoms with van der Waals surface area (Å²) in [4.78, 5) is 24.2. The normalized spacial score (nSPS) is 14.0. The van der Waals surface area contributed by atoms with Crippen LogP contribution in [0.15, 0.2) is 52.9 Å². The molecule has 6 heteroatoms. The minimum absolute atomic E-state index is 0.179. The maximum Gasteiger partial charge on any atom is 0.289 e. The molecule has 2 aromatic heterocycles. The van der Waals surface area contributed by atoms with Crippen LogP contribution < -0.4 is 10.2 Å². The molecule has 0 saturated carbocycles. The molecule has 1 aliphatic rings. The van der Waals surface area contributed by atoms with Gasteiger partial charge in [-0.1, -0.05) is 42.0 Å². The van der Waals surface area contributed by atoms with Gasteiger partial charge in [0, 0.05) is 25.0 Å². The number of fused-ring (bicyclic) bond motifs is 3. The van der Waals surface area contributed by atoms with E-state index < -0.39 is 0 Å². The maximum absolute atomic E-state index is 12.9. The van der Waals surface area contributed by atoms with Crippen molar-refractivity contribution < 1.29 is 9.21 Å². The summed E-state index contributed by atoms with van der Waals surface area (Å²) in [6.45, 7) is 4.30. The van der Waals surface area contributed by atoms with E-state index in [2.05, 4.69) is 20.2 Å². The molecule has 1 fully saturated rings. The monoisotopic (exact) mass is 386 g/mol. The van der Waals surface area contributed by atoms with Crippen LogP contribution in [-0.4, -0.2) is 29.0 Å². The number of aryl methyl sites for hydroxylation is 1. The van der Waals surface area contributed by atoms with Gasteiger partial charge in [-0.2, -0.15) is 0 Å². The zero-order valence-corrected chi connectivity index (χ0v) is 16.3. The predicted molar refractivity (Wildman–Crippen MR) is 113 cm³/mol. The second kappa shape index (κ2) is 7.20. The van der Waals surface area contributed by atoms with Gasteiger partial charge in [0.25, 0.3) is 5.91 Å². The summed E-state index contributed by atoms with van der Waals surface area (Å²) in [5, 5.41) is 3.85. The number of hydrogen-bond donors (Lipinski definition) is 1. The number of benzene rings is 2. The number of carbonyl (C=O) groups is 1. The van der Waals surface area contributed by atoms with Crippen LogP contribution in [0.25, 0.3) is 22.1 Å². The second-order valence-electron chi connectivity index (χ2n) is 7.51. The number of hydrogen-bond acceptors (Lipinski definition) is 5. The minimum atomic E-state index is -0.279. The Labute approximate surface area is 168 Å². The highest BCUT2D eigenvalue weighted by Crippen LogP contribution is 2.34. The lowest BCUT2D eigenvalue weighted by molar-refractivity contribution is 0.0941. The number of furan rings is 1. The standard InChI is InChI=1S/C23H22N4O2/c1-15-8-10-16(11-9-15)14-24-23(28)21-25-19-17-6-2-3-7-18(17)29-20(19)22(26-21)27-12-4-5-13-27/h2-3,6-11H,4-5,12-14H2,1H3,(H,24,28). The fourth-order valence-electron chi connectivity index (χ4n) is 3.79. The second-order valence-corrected chi connectivity index (χ2v) is 7.51. The molecule has 0 atom stereocenters. The SMILES string of the molecule is Cc1ccc(CNC(=O)c2nc(N3CCCC3)c3oc4ccccc4c3n2)cc1. The van der Waals surface area contributed by atoms with Crippen LogP contribution in [0.5, 0.6) is 0 Å². The van der Waals surface area contributed by atoms with Crippen molar-refractivity contribution >= 4 is 33.8 Å². The summed E-state index contributed by atoms with van der Waals surface area (Å²) >= 11 is 0. The van der Waals surface area contributed by atoms with E-state index in [1.165, 1.54) is 5.56 Å². The zero-order chi connectivity index (χ0) is 19.8. The number of amides is 1. The molecule has 0 spiro atoms. The highest BCUT2D eigenvalue weighted by molar-refractivity contribution is 6.07. The lowest BCUT2D eigenvalue weighted by Crippen LogP contribution is -2.27. The number of para-hydroxylation sites is 1. The van der Waals surface area contributed by atoms with Crippen LogP contribution >= 0.6 is 0 Å². The molecule has 146 valence electrons. The molecule has 2 aromatic carbocycles. The molecule has 0 radical (unpaired) electrons. The first-order chi connectivity index (χ1) is 14.2. The molecular weight excluding hydrogens is 364 g/mol. The first kappa shape index (κ1) is 17.7. The van der Waals surface area contributed by atoms with E-state index in [0.717, 1.165) is 42.5 Å². The Morgan fingerprint density at radius 3 is 2.62 bits per heavy atom. The number of anilines is 1. The smallest absolute Gasteiger partial charge is 0.289 e. The van der Waals surface area contributed by atoms with Gasteiger partial charge in [0.15, 0.2) is 11.4 Å². The van der Waals surface area contributed by atoms with Crippen molar-refractivity contribution in [2.45, 2.75) is 26.3 Å². The molecule has 4 aromatic rings. The van der Waals surface area contributed by atoms with Gasteiger partial charge in [0.2, 0.25) is 5.82 Å². The average Bonchev–Trinajstić information content (AvgIpc) is 3.40. The Bertz CT molecular complexity index is 1190.